The van der Waals surface area contributed by atoms with Crippen molar-refractivity contribution in [2.75, 3.05) is 25.6 Å². The lowest BCUT2D eigenvalue weighted by atomic mass is 9.54. The van der Waals surface area contributed by atoms with Crippen molar-refractivity contribution in [3.05, 3.63) is 39.7 Å². The number of anilines is 1. The number of carbonyl (C=O) groups excluding carboxylic acids is 3. The molecular formula is C29H39N3O8. The summed E-state index contributed by atoms with van der Waals surface area (Å²) in [5.74, 6) is -7.83. The van der Waals surface area contributed by atoms with Crippen LogP contribution in [-0.4, -0.2) is 75.4 Å². The predicted octanol–water partition coefficient (Wildman–Crippen LogP) is 1.23. The summed E-state index contributed by atoms with van der Waals surface area (Å²) in [5, 5.41) is 58.1. The van der Waals surface area contributed by atoms with Gasteiger partial charge in [-0.2, -0.15) is 0 Å². The number of aliphatic hydroxyl groups is 4. The molecule has 11 heteroatoms. The Balaban J connectivity index is 1.91. The van der Waals surface area contributed by atoms with Crippen molar-refractivity contribution in [3.63, 3.8) is 0 Å². The van der Waals surface area contributed by atoms with Gasteiger partial charge in [0.2, 0.25) is 5.78 Å². The normalized spacial score (nSPS) is 26.9. The molecule has 1 aromatic rings. The van der Waals surface area contributed by atoms with Gasteiger partial charge in [-0.05, 0) is 49.7 Å². The molecule has 5 atom stereocenters. The van der Waals surface area contributed by atoms with Crippen molar-refractivity contribution >= 4 is 28.9 Å². The second-order valence-electron chi connectivity index (χ2n) is 11.8. The summed E-state index contributed by atoms with van der Waals surface area (Å²) in [4.78, 5) is 41.3. The van der Waals surface area contributed by atoms with Gasteiger partial charge >= 0.3 is 0 Å². The molecule has 40 heavy (non-hydrogen) atoms. The summed E-state index contributed by atoms with van der Waals surface area (Å²) in [6.45, 7) is 5.56. The Bertz CT molecular complexity index is 1330. The van der Waals surface area contributed by atoms with Gasteiger partial charge in [-0.1, -0.05) is 13.8 Å². The number of benzene rings is 1. The molecule has 1 aromatic carbocycles. The Kier molecular flexibility index (Phi) is 7.78. The Labute approximate surface area is 233 Å². The maximum atomic E-state index is 14.0. The number of primary amides is 1. The minimum Gasteiger partial charge on any atom is -0.508 e. The van der Waals surface area contributed by atoms with Crippen LogP contribution in [0, 0.1) is 23.7 Å². The number of phenols is 1. The van der Waals surface area contributed by atoms with E-state index in [0.717, 1.165) is 5.69 Å². The average Bonchev–Trinajstić information content (AvgIpc) is 2.85. The zero-order valence-electron chi connectivity index (χ0n) is 23.5. The molecule has 0 aliphatic heterocycles. The fourth-order valence-corrected chi connectivity index (χ4v) is 6.70. The number of rotatable bonds is 8. The summed E-state index contributed by atoms with van der Waals surface area (Å²) in [7, 11) is 3.64. The second-order valence-corrected chi connectivity index (χ2v) is 11.8. The third kappa shape index (κ3) is 4.36. The quantitative estimate of drug-likeness (QED) is 0.229. The van der Waals surface area contributed by atoms with Crippen molar-refractivity contribution < 1.29 is 39.9 Å². The first-order chi connectivity index (χ1) is 18.7. The standard InChI is InChI=1S/C29H39N3O8/c1-12(2)19-17-9-14-8-16-18(32(4)5)10-15(11-31-13(3)6-7-33)23(34)21(16)25(36)20(14)26(37)29(17,40)27(38)22(24(19)35)28(30)39/h10,12-14,17,19,31,33-34,36,38,40H,6-9,11H2,1-5H3,(H2,30,39)/t13?,14-,17-,19-,29-/m0/s1. The SMILES string of the molecule is CC(CCO)NCc1cc(N(C)C)c2c(c1O)C(O)=C1C(=O)[C@]3(O)C(O)=C(C(N)=O)C(=O)[C@@H](C(C)C)[C@@H]3C[C@@H]1C2. The number of aliphatic hydroxyl groups excluding tert-OH is 3. The third-order valence-electron chi connectivity index (χ3n) is 8.71. The molecule has 0 radical (unpaired) electrons. The van der Waals surface area contributed by atoms with Crippen LogP contribution in [0.4, 0.5) is 5.69 Å². The predicted molar refractivity (Wildman–Crippen MR) is 147 cm³/mol. The molecule has 1 amide bonds. The van der Waals surface area contributed by atoms with Crippen molar-refractivity contribution in [1.29, 1.82) is 0 Å². The van der Waals surface area contributed by atoms with Gasteiger partial charge in [-0.3, -0.25) is 14.4 Å². The van der Waals surface area contributed by atoms with Gasteiger partial charge in [0.05, 0.1) is 5.56 Å². The van der Waals surface area contributed by atoms with E-state index in [2.05, 4.69) is 5.32 Å². The van der Waals surface area contributed by atoms with E-state index in [1.54, 1.807) is 19.9 Å². The van der Waals surface area contributed by atoms with E-state index < -0.39 is 57.9 Å². The Morgan fingerprint density at radius 1 is 1.20 bits per heavy atom. The van der Waals surface area contributed by atoms with Crippen molar-refractivity contribution in [3.8, 4) is 5.75 Å². The van der Waals surface area contributed by atoms with E-state index in [4.69, 9.17) is 5.73 Å². The minimum atomic E-state index is -2.64. The van der Waals surface area contributed by atoms with Crippen LogP contribution < -0.4 is 16.0 Å². The molecule has 0 bridgehead atoms. The number of fused-ring (bicyclic) bond motifs is 3. The monoisotopic (exact) mass is 557 g/mol. The Morgan fingerprint density at radius 2 is 1.85 bits per heavy atom. The molecule has 8 N–H and O–H groups in total. The molecule has 1 unspecified atom stereocenters. The lowest BCUT2D eigenvalue weighted by Gasteiger charge is -2.50. The molecular weight excluding hydrogens is 518 g/mol. The first-order valence-electron chi connectivity index (χ1n) is 13.6. The zero-order chi connectivity index (χ0) is 29.8. The zero-order valence-corrected chi connectivity index (χ0v) is 23.5. The molecule has 1 fully saturated rings. The summed E-state index contributed by atoms with van der Waals surface area (Å²) in [6, 6.07) is 1.75. The number of nitrogens with one attached hydrogen (secondary N) is 1. The van der Waals surface area contributed by atoms with Crippen LogP contribution in [-0.2, 0) is 27.3 Å². The number of amides is 1. The van der Waals surface area contributed by atoms with Crippen LogP contribution in [0.2, 0.25) is 0 Å². The Hall–Kier alpha value is -3.41. The first kappa shape index (κ1) is 29.6. The Morgan fingerprint density at radius 3 is 2.40 bits per heavy atom. The molecule has 3 aliphatic carbocycles. The molecule has 1 saturated carbocycles. The molecule has 3 aliphatic rings. The number of nitrogens with two attached hydrogens (primary N) is 1. The number of phenolic OH excluding ortho intramolecular Hbond substituents is 1. The maximum absolute atomic E-state index is 14.0. The van der Waals surface area contributed by atoms with E-state index in [1.807, 2.05) is 25.9 Å². The van der Waals surface area contributed by atoms with Crippen LogP contribution >= 0.6 is 0 Å². The maximum Gasteiger partial charge on any atom is 0.255 e. The van der Waals surface area contributed by atoms with Crippen LogP contribution in [0.5, 0.6) is 5.75 Å². The topological polar surface area (TPSA) is 194 Å². The molecule has 0 spiro atoms. The summed E-state index contributed by atoms with van der Waals surface area (Å²) in [5.41, 5.74) is 3.63. The van der Waals surface area contributed by atoms with E-state index in [1.165, 1.54) is 0 Å². The van der Waals surface area contributed by atoms with E-state index in [9.17, 15) is 39.9 Å². The number of hydrogen-bond acceptors (Lipinski definition) is 10. The van der Waals surface area contributed by atoms with Gasteiger partial charge in [0.25, 0.3) is 5.91 Å². The lowest BCUT2D eigenvalue weighted by molar-refractivity contribution is -0.155. The first-order valence-corrected chi connectivity index (χ1v) is 13.6. The molecule has 0 heterocycles. The highest BCUT2D eigenvalue weighted by atomic mass is 16.3. The van der Waals surface area contributed by atoms with Gasteiger partial charge < -0.3 is 41.5 Å². The highest BCUT2D eigenvalue weighted by Crippen LogP contribution is 2.55. The van der Waals surface area contributed by atoms with Crippen LogP contribution in [0.25, 0.3) is 5.76 Å². The van der Waals surface area contributed by atoms with Crippen molar-refractivity contribution in [1.82, 2.24) is 5.32 Å². The molecule has 11 nitrogen and oxygen atoms in total. The molecule has 4 rings (SSSR count). The number of Topliss-reactive ketones (excluding diaryl/α,β-unsaturated/α-hetero) is 2. The smallest absolute Gasteiger partial charge is 0.255 e. The van der Waals surface area contributed by atoms with Gasteiger partial charge in [-0.15, -0.1) is 0 Å². The summed E-state index contributed by atoms with van der Waals surface area (Å²) >= 11 is 0. The number of aromatic hydroxyl groups is 1. The van der Waals surface area contributed by atoms with Gasteiger partial charge in [-0.25, -0.2) is 0 Å². The second kappa shape index (κ2) is 10.5. The van der Waals surface area contributed by atoms with E-state index in [0.29, 0.717) is 17.5 Å². The van der Waals surface area contributed by atoms with Crippen molar-refractivity contribution in [2.45, 2.75) is 58.2 Å². The van der Waals surface area contributed by atoms with Gasteiger partial charge in [0, 0.05) is 61.9 Å². The highest BCUT2D eigenvalue weighted by molar-refractivity contribution is 6.23. The molecule has 0 saturated heterocycles. The van der Waals surface area contributed by atoms with Gasteiger partial charge in [0.15, 0.2) is 11.4 Å². The summed E-state index contributed by atoms with van der Waals surface area (Å²) < 4.78 is 0. The van der Waals surface area contributed by atoms with Crippen LogP contribution in [0.15, 0.2) is 23.0 Å². The number of carbonyl (C=O) groups is 3. The lowest BCUT2D eigenvalue weighted by Crippen LogP contribution is -2.62. The summed E-state index contributed by atoms with van der Waals surface area (Å²) in [6.07, 6.45) is 0.803. The van der Waals surface area contributed by atoms with Gasteiger partial charge in [0.1, 0.15) is 22.8 Å². The number of nitrogens with zero attached hydrogens (tertiary/aromatic N) is 1. The average molecular weight is 558 g/mol. The fourth-order valence-electron chi connectivity index (χ4n) is 6.70. The van der Waals surface area contributed by atoms with E-state index in [-0.39, 0.29) is 54.8 Å². The highest BCUT2D eigenvalue weighted by Gasteiger charge is 2.64. The van der Waals surface area contributed by atoms with E-state index >= 15 is 0 Å². The van der Waals surface area contributed by atoms with Crippen molar-refractivity contribution in [2.24, 2.45) is 29.4 Å². The minimum absolute atomic E-state index is 0.00437. The number of hydrogen-bond donors (Lipinski definition) is 7. The van der Waals surface area contributed by atoms with Crippen LogP contribution in [0.3, 0.4) is 0 Å². The van der Waals surface area contributed by atoms with Crippen LogP contribution in [0.1, 0.15) is 50.3 Å². The third-order valence-corrected chi connectivity index (χ3v) is 8.71. The molecule has 0 aromatic heterocycles. The molecule has 218 valence electrons. The fraction of sp³-hybridized carbons (Fsp3) is 0.552. The number of ketones is 2. The largest absolute Gasteiger partial charge is 0.508 e.